The Morgan fingerprint density at radius 2 is 2.27 bits per heavy atom. The van der Waals surface area contributed by atoms with Crippen LogP contribution in [0.25, 0.3) is 0 Å². The summed E-state index contributed by atoms with van der Waals surface area (Å²) in [6.07, 6.45) is 0. The predicted octanol–water partition coefficient (Wildman–Crippen LogP) is 3.39. The van der Waals surface area contributed by atoms with Crippen LogP contribution in [0.5, 0.6) is 0 Å². The molecular formula is C12H11BrOS. The van der Waals surface area contributed by atoms with Gasteiger partial charge in [-0.15, -0.1) is 0 Å². The van der Waals surface area contributed by atoms with E-state index in [1.807, 2.05) is 25.1 Å². The number of aryl methyl sites for hydroxylation is 1. The second-order valence-corrected chi connectivity index (χ2v) is 5.07. The average Bonchev–Trinajstić information content (AvgIpc) is 2.17. The molecule has 0 aliphatic heterocycles. The Morgan fingerprint density at radius 1 is 1.53 bits per heavy atom. The third kappa shape index (κ3) is 4.55. The van der Waals surface area contributed by atoms with Gasteiger partial charge < -0.3 is 0 Å². The van der Waals surface area contributed by atoms with E-state index in [9.17, 15) is 4.79 Å². The smallest absolute Gasteiger partial charge is 0.186 e. The van der Waals surface area contributed by atoms with Gasteiger partial charge >= 0.3 is 0 Å². The van der Waals surface area contributed by atoms with Crippen LogP contribution in [0, 0.1) is 18.8 Å². The van der Waals surface area contributed by atoms with Crippen molar-refractivity contribution in [2.75, 3.05) is 5.75 Å². The first-order valence-corrected chi connectivity index (χ1v) is 6.26. The summed E-state index contributed by atoms with van der Waals surface area (Å²) in [6.45, 7) is 3.58. The molecule has 0 aliphatic rings. The van der Waals surface area contributed by atoms with Gasteiger partial charge in [-0.2, -0.15) is 0 Å². The molecule has 0 aliphatic carbocycles. The Bertz CT molecular complexity index is 429. The van der Waals surface area contributed by atoms with Crippen molar-refractivity contribution in [3.63, 3.8) is 0 Å². The minimum Gasteiger partial charge on any atom is -0.288 e. The lowest BCUT2D eigenvalue weighted by Gasteiger charge is -1.97. The summed E-state index contributed by atoms with van der Waals surface area (Å²) in [6, 6.07) is 6.03. The van der Waals surface area contributed by atoms with Gasteiger partial charge in [0, 0.05) is 17.0 Å². The molecule has 0 atom stereocenters. The molecule has 1 aromatic carbocycles. The minimum absolute atomic E-state index is 0.104. The molecule has 0 unspecified atom stereocenters. The van der Waals surface area contributed by atoms with Crippen molar-refractivity contribution in [2.45, 2.75) is 13.8 Å². The van der Waals surface area contributed by atoms with Crippen LogP contribution in [-0.2, 0) is 4.79 Å². The number of hydrogen-bond donors (Lipinski definition) is 0. The number of benzene rings is 1. The zero-order valence-corrected chi connectivity index (χ0v) is 11.0. The fraction of sp³-hybridized carbons (Fsp3) is 0.250. The summed E-state index contributed by atoms with van der Waals surface area (Å²) in [5, 5.41) is 0.104. The Hall–Kier alpha value is -0.720. The van der Waals surface area contributed by atoms with E-state index in [0.717, 1.165) is 10.0 Å². The highest BCUT2D eigenvalue weighted by Gasteiger charge is 1.95. The summed E-state index contributed by atoms with van der Waals surface area (Å²) in [5.41, 5.74) is 2.15. The van der Waals surface area contributed by atoms with Gasteiger partial charge in [-0.1, -0.05) is 29.7 Å². The van der Waals surface area contributed by atoms with Crippen molar-refractivity contribution in [2.24, 2.45) is 0 Å². The van der Waals surface area contributed by atoms with Crippen LogP contribution in [0.4, 0.5) is 0 Å². The first-order valence-electron chi connectivity index (χ1n) is 4.48. The van der Waals surface area contributed by atoms with Gasteiger partial charge in [0.05, 0.1) is 5.75 Å². The molecule has 0 bridgehead atoms. The van der Waals surface area contributed by atoms with Gasteiger partial charge in [-0.3, -0.25) is 4.79 Å². The highest BCUT2D eigenvalue weighted by Crippen LogP contribution is 2.16. The Kier molecular flexibility index (Phi) is 4.93. The second-order valence-electron chi connectivity index (χ2n) is 3.07. The van der Waals surface area contributed by atoms with Crippen LogP contribution in [0.15, 0.2) is 22.7 Å². The Labute approximate surface area is 103 Å². The predicted molar refractivity (Wildman–Crippen MR) is 68.9 cm³/mol. The fourth-order valence-electron chi connectivity index (χ4n) is 1.00. The molecule has 1 aromatic rings. The molecule has 1 rings (SSSR count). The maximum Gasteiger partial charge on any atom is 0.186 e. The maximum absolute atomic E-state index is 10.7. The highest BCUT2D eigenvalue weighted by molar-refractivity contribution is 9.10. The molecular weight excluding hydrogens is 272 g/mol. The summed E-state index contributed by atoms with van der Waals surface area (Å²) < 4.78 is 0.994. The molecule has 0 saturated carbocycles. The number of carbonyl (C=O) groups is 1. The van der Waals surface area contributed by atoms with E-state index in [2.05, 4.69) is 27.8 Å². The van der Waals surface area contributed by atoms with Crippen LogP contribution in [0.3, 0.4) is 0 Å². The largest absolute Gasteiger partial charge is 0.288 e. The van der Waals surface area contributed by atoms with Gasteiger partial charge in [-0.05, 0) is 40.5 Å². The molecule has 0 radical (unpaired) electrons. The summed E-state index contributed by atoms with van der Waals surface area (Å²) in [7, 11) is 0. The topological polar surface area (TPSA) is 17.1 Å². The van der Waals surface area contributed by atoms with Gasteiger partial charge in [0.25, 0.3) is 0 Å². The van der Waals surface area contributed by atoms with Gasteiger partial charge in [0.2, 0.25) is 0 Å². The monoisotopic (exact) mass is 282 g/mol. The van der Waals surface area contributed by atoms with Crippen LogP contribution in [0.1, 0.15) is 18.1 Å². The molecule has 0 spiro atoms. The zero-order valence-electron chi connectivity index (χ0n) is 8.63. The SMILES string of the molecule is CC(=O)SCC#Cc1cc(C)ccc1Br. The first-order chi connectivity index (χ1) is 7.09. The van der Waals surface area contributed by atoms with E-state index in [1.54, 1.807) is 6.92 Å². The summed E-state index contributed by atoms with van der Waals surface area (Å²) in [5.74, 6) is 6.55. The molecule has 0 amide bonds. The molecule has 0 fully saturated rings. The Morgan fingerprint density at radius 3 is 2.93 bits per heavy atom. The Balaban J connectivity index is 2.71. The fourth-order valence-corrected chi connectivity index (χ4v) is 1.70. The molecule has 78 valence electrons. The number of rotatable bonds is 1. The van der Waals surface area contributed by atoms with Crippen molar-refractivity contribution in [1.82, 2.24) is 0 Å². The minimum atomic E-state index is 0.104. The van der Waals surface area contributed by atoms with Crippen molar-refractivity contribution in [3.8, 4) is 11.8 Å². The number of hydrogen-bond acceptors (Lipinski definition) is 2. The number of thioether (sulfide) groups is 1. The van der Waals surface area contributed by atoms with E-state index < -0.39 is 0 Å². The molecule has 1 nitrogen and oxygen atoms in total. The number of halogens is 1. The molecule has 3 heteroatoms. The summed E-state index contributed by atoms with van der Waals surface area (Å²) >= 11 is 4.67. The van der Waals surface area contributed by atoms with Crippen LogP contribution < -0.4 is 0 Å². The maximum atomic E-state index is 10.7. The third-order valence-corrected chi connectivity index (χ3v) is 3.08. The second kappa shape index (κ2) is 5.99. The van der Waals surface area contributed by atoms with Crippen LogP contribution >= 0.6 is 27.7 Å². The van der Waals surface area contributed by atoms with Crippen molar-refractivity contribution < 1.29 is 4.79 Å². The molecule has 15 heavy (non-hydrogen) atoms. The van der Waals surface area contributed by atoms with Crippen LogP contribution in [0.2, 0.25) is 0 Å². The van der Waals surface area contributed by atoms with E-state index in [4.69, 9.17) is 0 Å². The van der Waals surface area contributed by atoms with Crippen molar-refractivity contribution in [3.05, 3.63) is 33.8 Å². The van der Waals surface area contributed by atoms with E-state index in [1.165, 1.54) is 17.3 Å². The van der Waals surface area contributed by atoms with Crippen LogP contribution in [-0.4, -0.2) is 10.9 Å². The van der Waals surface area contributed by atoms with E-state index >= 15 is 0 Å². The first kappa shape index (κ1) is 12.4. The third-order valence-electron chi connectivity index (χ3n) is 1.69. The van der Waals surface area contributed by atoms with Crippen molar-refractivity contribution in [1.29, 1.82) is 0 Å². The average molecular weight is 283 g/mol. The van der Waals surface area contributed by atoms with Gasteiger partial charge in [-0.25, -0.2) is 0 Å². The highest BCUT2D eigenvalue weighted by atomic mass is 79.9. The van der Waals surface area contributed by atoms with Crippen molar-refractivity contribution >= 4 is 32.8 Å². The lowest BCUT2D eigenvalue weighted by atomic mass is 10.1. The lowest BCUT2D eigenvalue weighted by molar-refractivity contribution is -0.109. The van der Waals surface area contributed by atoms with Gasteiger partial charge in [0.1, 0.15) is 0 Å². The lowest BCUT2D eigenvalue weighted by Crippen LogP contribution is -1.83. The molecule has 0 N–H and O–H groups in total. The summed E-state index contributed by atoms with van der Waals surface area (Å²) in [4.78, 5) is 10.7. The molecule has 0 heterocycles. The quantitative estimate of drug-likeness (QED) is 0.735. The molecule has 0 saturated heterocycles. The standard InChI is InChI=1S/C12H11BrOS/c1-9-5-6-12(13)11(8-9)4-3-7-15-10(2)14/h5-6,8H,7H2,1-2H3. The normalized spacial score (nSPS) is 9.27. The van der Waals surface area contributed by atoms with Gasteiger partial charge in [0.15, 0.2) is 5.12 Å². The molecule has 0 aromatic heterocycles. The van der Waals surface area contributed by atoms with E-state index in [-0.39, 0.29) is 5.12 Å². The van der Waals surface area contributed by atoms with E-state index in [0.29, 0.717) is 5.75 Å². The zero-order chi connectivity index (χ0) is 11.3. The number of carbonyl (C=O) groups excluding carboxylic acids is 1.